The van der Waals surface area contributed by atoms with Crippen LogP contribution in [0.25, 0.3) is 0 Å². The molecule has 1 fully saturated rings. The van der Waals surface area contributed by atoms with Crippen molar-refractivity contribution in [1.29, 1.82) is 0 Å². The number of rotatable bonds is 5. The van der Waals surface area contributed by atoms with Crippen molar-refractivity contribution in [2.45, 2.75) is 43.7 Å². The van der Waals surface area contributed by atoms with Crippen LogP contribution in [-0.2, 0) is 4.74 Å². The normalized spacial score (nSPS) is 31.1. The molecule has 3 nitrogen and oxygen atoms in total. The summed E-state index contributed by atoms with van der Waals surface area (Å²) in [6.45, 7) is 1.55. The third-order valence-corrected chi connectivity index (χ3v) is 3.38. The molecule has 3 heteroatoms. The minimum absolute atomic E-state index is 0.103. The van der Waals surface area contributed by atoms with Crippen LogP contribution in [0.15, 0.2) is 0 Å². The van der Waals surface area contributed by atoms with Crippen LogP contribution in [-0.4, -0.2) is 31.8 Å². The second-order valence-electron chi connectivity index (χ2n) is 4.30. The third-order valence-electron chi connectivity index (χ3n) is 3.38. The summed E-state index contributed by atoms with van der Waals surface area (Å²) in [6.07, 6.45) is 10.8. The molecule has 1 rings (SSSR count). The van der Waals surface area contributed by atoms with Gasteiger partial charge in [0.05, 0.1) is 6.10 Å². The van der Waals surface area contributed by atoms with Gasteiger partial charge in [0.15, 0.2) is 0 Å². The van der Waals surface area contributed by atoms with Crippen LogP contribution in [0.2, 0.25) is 0 Å². The van der Waals surface area contributed by atoms with E-state index in [2.05, 4.69) is 11.2 Å². The SMILES string of the molecule is C#CCCNC1(CN)CCC(OC)CC1. The highest BCUT2D eigenvalue weighted by Crippen LogP contribution is 2.28. The van der Waals surface area contributed by atoms with Crippen molar-refractivity contribution in [2.24, 2.45) is 5.73 Å². The quantitative estimate of drug-likeness (QED) is 0.523. The van der Waals surface area contributed by atoms with Gasteiger partial charge in [0.25, 0.3) is 0 Å². The predicted octanol–water partition coefficient (Wildman–Crippen LogP) is 0.886. The minimum atomic E-state index is 0.103. The zero-order valence-corrected chi connectivity index (χ0v) is 9.59. The number of hydrogen-bond acceptors (Lipinski definition) is 3. The molecule has 0 radical (unpaired) electrons. The molecular weight excluding hydrogens is 188 g/mol. The summed E-state index contributed by atoms with van der Waals surface area (Å²) < 4.78 is 5.35. The smallest absolute Gasteiger partial charge is 0.0572 e. The molecule has 0 unspecified atom stereocenters. The van der Waals surface area contributed by atoms with E-state index in [4.69, 9.17) is 16.9 Å². The maximum absolute atomic E-state index is 5.85. The van der Waals surface area contributed by atoms with Crippen molar-refractivity contribution in [3.63, 3.8) is 0 Å². The van der Waals surface area contributed by atoms with Gasteiger partial charge in [-0.05, 0) is 25.7 Å². The number of nitrogens with one attached hydrogen (secondary N) is 1. The average Bonchev–Trinajstić information content (AvgIpc) is 2.30. The summed E-state index contributed by atoms with van der Waals surface area (Å²) in [5, 5.41) is 3.51. The molecular formula is C12H22N2O. The van der Waals surface area contributed by atoms with E-state index in [1.807, 2.05) is 0 Å². The van der Waals surface area contributed by atoms with Crippen molar-refractivity contribution in [3.05, 3.63) is 0 Å². The lowest BCUT2D eigenvalue weighted by Crippen LogP contribution is -2.54. The van der Waals surface area contributed by atoms with Gasteiger partial charge in [0.1, 0.15) is 0 Å². The molecule has 1 aliphatic rings. The standard InChI is InChI=1S/C12H22N2O/c1-3-4-9-14-12(10-13)7-5-11(15-2)6-8-12/h1,11,14H,4-10,13H2,2H3. The molecule has 3 N–H and O–H groups in total. The van der Waals surface area contributed by atoms with Gasteiger partial charge in [0.2, 0.25) is 0 Å². The number of hydrogen-bond donors (Lipinski definition) is 2. The topological polar surface area (TPSA) is 47.3 Å². The fourth-order valence-corrected chi connectivity index (χ4v) is 2.23. The minimum Gasteiger partial charge on any atom is -0.381 e. The predicted molar refractivity (Wildman–Crippen MR) is 62.5 cm³/mol. The van der Waals surface area contributed by atoms with Gasteiger partial charge in [-0.1, -0.05) is 0 Å². The Hall–Kier alpha value is -0.560. The van der Waals surface area contributed by atoms with Crippen molar-refractivity contribution in [2.75, 3.05) is 20.2 Å². The monoisotopic (exact) mass is 210 g/mol. The van der Waals surface area contributed by atoms with Gasteiger partial charge >= 0.3 is 0 Å². The second-order valence-corrected chi connectivity index (χ2v) is 4.30. The van der Waals surface area contributed by atoms with Crippen LogP contribution < -0.4 is 11.1 Å². The van der Waals surface area contributed by atoms with Crippen LogP contribution in [0.1, 0.15) is 32.1 Å². The lowest BCUT2D eigenvalue weighted by molar-refractivity contribution is 0.0434. The van der Waals surface area contributed by atoms with Crippen LogP contribution in [0.3, 0.4) is 0 Å². The molecule has 0 aromatic heterocycles. The number of nitrogens with two attached hydrogens (primary N) is 1. The van der Waals surface area contributed by atoms with E-state index in [-0.39, 0.29) is 5.54 Å². The van der Waals surface area contributed by atoms with E-state index in [1.54, 1.807) is 7.11 Å². The average molecular weight is 210 g/mol. The van der Waals surface area contributed by atoms with E-state index in [9.17, 15) is 0 Å². The van der Waals surface area contributed by atoms with Gasteiger partial charge in [0, 0.05) is 32.2 Å². The van der Waals surface area contributed by atoms with Crippen molar-refractivity contribution < 1.29 is 4.74 Å². The molecule has 0 amide bonds. The van der Waals surface area contributed by atoms with Gasteiger partial charge < -0.3 is 15.8 Å². The Labute approximate surface area is 92.8 Å². The Kier molecular flexibility index (Phi) is 5.10. The first-order chi connectivity index (χ1) is 7.26. The molecule has 0 atom stereocenters. The number of methoxy groups -OCH3 is 1. The zero-order valence-electron chi connectivity index (χ0n) is 9.59. The van der Waals surface area contributed by atoms with Gasteiger partial charge in [-0.3, -0.25) is 0 Å². The van der Waals surface area contributed by atoms with E-state index in [0.717, 1.165) is 38.6 Å². The number of terminal acetylenes is 1. The fourth-order valence-electron chi connectivity index (χ4n) is 2.23. The summed E-state index contributed by atoms with van der Waals surface area (Å²) >= 11 is 0. The molecule has 1 aliphatic carbocycles. The first-order valence-electron chi connectivity index (χ1n) is 5.68. The summed E-state index contributed by atoms with van der Waals surface area (Å²) in [4.78, 5) is 0. The van der Waals surface area contributed by atoms with Crippen molar-refractivity contribution in [1.82, 2.24) is 5.32 Å². The highest BCUT2D eigenvalue weighted by molar-refractivity contribution is 4.95. The maximum Gasteiger partial charge on any atom is 0.0572 e. The fraction of sp³-hybridized carbons (Fsp3) is 0.833. The molecule has 86 valence electrons. The number of ether oxygens (including phenoxy) is 1. The van der Waals surface area contributed by atoms with E-state index in [1.165, 1.54) is 0 Å². The summed E-state index contributed by atoms with van der Waals surface area (Å²) in [5.74, 6) is 2.64. The first kappa shape index (κ1) is 12.5. The Morgan fingerprint density at radius 3 is 2.67 bits per heavy atom. The molecule has 0 aromatic carbocycles. The van der Waals surface area contributed by atoms with Crippen molar-refractivity contribution >= 4 is 0 Å². The Balaban J connectivity index is 2.38. The zero-order chi connectivity index (χ0) is 11.1. The molecule has 15 heavy (non-hydrogen) atoms. The van der Waals surface area contributed by atoms with Crippen LogP contribution >= 0.6 is 0 Å². The molecule has 0 heterocycles. The van der Waals surface area contributed by atoms with E-state index >= 15 is 0 Å². The van der Waals surface area contributed by atoms with Gasteiger partial charge in [-0.25, -0.2) is 0 Å². The summed E-state index contributed by atoms with van der Waals surface area (Å²) in [7, 11) is 1.78. The summed E-state index contributed by atoms with van der Waals surface area (Å²) in [5.41, 5.74) is 5.96. The molecule has 0 spiro atoms. The van der Waals surface area contributed by atoms with Crippen LogP contribution in [0.5, 0.6) is 0 Å². The Morgan fingerprint density at radius 1 is 1.53 bits per heavy atom. The van der Waals surface area contributed by atoms with Gasteiger partial charge in [-0.2, -0.15) is 0 Å². The van der Waals surface area contributed by atoms with Crippen LogP contribution in [0, 0.1) is 12.3 Å². The van der Waals surface area contributed by atoms with Crippen LogP contribution in [0.4, 0.5) is 0 Å². The second kappa shape index (κ2) is 6.12. The largest absolute Gasteiger partial charge is 0.381 e. The highest BCUT2D eigenvalue weighted by atomic mass is 16.5. The first-order valence-corrected chi connectivity index (χ1v) is 5.68. The highest BCUT2D eigenvalue weighted by Gasteiger charge is 2.33. The summed E-state index contributed by atoms with van der Waals surface area (Å²) in [6, 6.07) is 0. The molecule has 0 saturated heterocycles. The molecule has 1 saturated carbocycles. The lowest BCUT2D eigenvalue weighted by Gasteiger charge is -2.39. The van der Waals surface area contributed by atoms with Gasteiger partial charge in [-0.15, -0.1) is 12.3 Å². The van der Waals surface area contributed by atoms with E-state index in [0.29, 0.717) is 12.6 Å². The maximum atomic E-state index is 5.85. The molecule has 0 aliphatic heterocycles. The third kappa shape index (κ3) is 3.49. The van der Waals surface area contributed by atoms with E-state index < -0.39 is 0 Å². The molecule has 0 aromatic rings. The lowest BCUT2D eigenvalue weighted by atomic mass is 9.80. The Morgan fingerprint density at radius 2 is 2.20 bits per heavy atom. The molecule has 0 bridgehead atoms. The Bertz CT molecular complexity index is 214. The van der Waals surface area contributed by atoms with Crippen molar-refractivity contribution in [3.8, 4) is 12.3 Å².